The van der Waals surface area contributed by atoms with Crippen molar-refractivity contribution < 1.29 is 22.7 Å². The number of nitrogens with zero attached hydrogens (tertiary/aromatic N) is 1. The van der Waals surface area contributed by atoms with Gasteiger partial charge in [0.2, 0.25) is 0 Å². The zero-order valence-electron chi connectivity index (χ0n) is 13.2. The Morgan fingerprint density at radius 3 is 2.42 bits per heavy atom. The number of carbonyl (C=O) groups is 1. The Hall–Kier alpha value is -2.50. The molecule has 0 amide bonds. The number of anilines is 1. The number of carbonyl (C=O) groups excluding carboxylic acids is 1. The van der Waals surface area contributed by atoms with E-state index in [1.807, 2.05) is 17.0 Å². The van der Waals surface area contributed by atoms with Gasteiger partial charge in [-0.1, -0.05) is 18.2 Å². The molecular weight excluding hydrogens is 319 g/mol. The summed E-state index contributed by atoms with van der Waals surface area (Å²) in [4.78, 5) is 13.3. The van der Waals surface area contributed by atoms with Crippen LogP contribution in [0.1, 0.15) is 33.1 Å². The summed E-state index contributed by atoms with van der Waals surface area (Å²) < 4.78 is 43.3. The molecule has 2 aromatic rings. The number of esters is 1. The summed E-state index contributed by atoms with van der Waals surface area (Å²) in [6.07, 6.45) is -3.72. The number of hydrogen-bond donors (Lipinski definition) is 0. The minimum absolute atomic E-state index is 0.0600. The lowest BCUT2D eigenvalue weighted by Crippen LogP contribution is -2.20. The second kappa shape index (κ2) is 5.85. The van der Waals surface area contributed by atoms with E-state index in [1.54, 1.807) is 19.2 Å². The summed E-state index contributed by atoms with van der Waals surface area (Å²) in [7, 11) is 3.10. The van der Waals surface area contributed by atoms with Gasteiger partial charge in [0.15, 0.2) is 0 Å². The highest BCUT2D eigenvalue weighted by atomic mass is 19.4. The van der Waals surface area contributed by atoms with E-state index in [4.69, 9.17) is 0 Å². The van der Waals surface area contributed by atoms with Crippen molar-refractivity contribution in [3.8, 4) is 0 Å². The first-order chi connectivity index (χ1) is 11.3. The number of halogens is 3. The molecule has 0 bridgehead atoms. The maximum atomic E-state index is 12.9. The lowest BCUT2D eigenvalue weighted by molar-refractivity contribution is -0.137. The van der Waals surface area contributed by atoms with Gasteiger partial charge >= 0.3 is 12.1 Å². The van der Waals surface area contributed by atoms with Crippen molar-refractivity contribution in [1.29, 1.82) is 0 Å². The van der Waals surface area contributed by atoms with E-state index in [9.17, 15) is 18.0 Å². The number of methoxy groups -OCH3 is 1. The van der Waals surface area contributed by atoms with Crippen LogP contribution in [-0.4, -0.2) is 20.1 Å². The Labute approximate surface area is 137 Å². The Balaban J connectivity index is 1.88. The van der Waals surface area contributed by atoms with Crippen molar-refractivity contribution in [3.05, 3.63) is 64.7 Å². The Kier molecular flexibility index (Phi) is 3.99. The van der Waals surface area contributed by atoms with Gasteiger partial charge in [-0.3, -0.25) is 0 Å². The highest BCUT2D eigenvalue weighted by Crippen LogP contribution is 2.42. The third kappa shape index (κ3) is 2.84. The van der Waals surface area contributed by atoms with Crippen molar-refractivity contribution in [2.75, 3.05) is 19.1 Å². The zero-order valence-corrected chi connectivity index (χ0v) is 13.2. The lowest BCUT2D eigenvalue weighted by Gasteiger charge is -2.23. The maximum Gasteiger partial charge on any atom is 0.416 e. The van der Waals surface area contributed by atoms with Gasteiger partial charge in [0.05, 0.1) is 24.3 Å². The minimum Gasteiger partial charge on any atom is -0.465 e. The van der Waals surface area contributed by atoms with E-state index >= 15 is 0 Å². The summed E-state index contributed by atoms with van der Waals surface area (Å²) in [6, 6.07) is 10.7. The summed E-state index contributed by atoms with van der Waals surface area (Å²) in [5.74, 6) is -0.417. The second-order valence-electron chi connectivity index (χ2n) is 5.79. The van der Waals surface area contributed by atoms with Crippen LogP contribution in [0.15, 0.2) is 42.5 Å². The van der Waals surface area contributed by atoms with Gasteiger partial charge < -0.3 is 9.64 Å². The number of ether oxygens (including phenoxy) is 1. The molecule has 0 saturated heterocycles. The molecule has 1 aliphatic rings. The van der Waals surface area contributed by atoms with Crippen LogP contribution in [0, 0.1) is 0 Å². The highest BCUT2D eigenvalue weighted by Gasteiger charge is 2.34. The molecule has 1 aliphatic heterocycles. The molecule has 3 rings (SSSR count). The molecule has 0 saturated carbocycles. The third-order valence-electron chi connectivity index (χ3n) is 4.39. The van der Waals surface area contributed by atoms with Crippen molar-refractivity contribution in [2.24, 2.45) is 0 Å². The molecule has 1 unspecified atom stereocenters. The van der Waals surface area contributed by atoms with Gasteiger partial charge in [0.25, 0.3) is 0 Å². The van der Waals surface area contributed by atoms with Crippen LogP contribution < -0.4 is 4.90 Å². The lowest BCUT2D eigenvalue weighted by atomic mass is 10.0. The van der Waals surface area contributed by atoms with E-state index < -0.39 is 17.7 Å². The number of rotatable bonds is 2. The van der Waals surface area contributed by atoms with E-state index in [1.165, 1.54) is 19.2 Å². The van der Waals surface area contributed by atoms with Gasteiger partial charge in [0, 0.05) is 12.7 Å². The molecule has 0 fully saturated rings. The minimum atomic E-state index is -4.35. The second-order valence-corrected chi connectivity index (χ2v) is 5.79. The molecule has 0 spiro atoms. The topological polar surface area (TPSA) is 29.5 Å². The molecule has 1 heterocycles. The van der Waals surface area contributed by atoms with Gasteiger partial charge in [-0.05, 0) is 41.8 Å². The quantitative estimate of drug-likeness (QED) is 0.770. The molecule has 0 aromatic heterocycles. The van der Waals surface area contributed by atoms with Gasteiger partial charge in [-0.2, -0.15) is 13.2 Å². The molecule has 126 valence electrons. The molecule has 6 heteroatoms. The predicted molar refractivity (Wildman–Crippen MR) is 84.1 cm³/mol. The first kappa shape index (κ1) is 16.4. The van der Waals surface area contributed by atoms with Crippen LogP contribution >= 0.6 is 0 Å². The van der Waals surface area contributed by atoms with Gasteiger partial charge in [-0.25, -0.2) is 4.79 Å². The van der Waals surface area contributed by atoms with Crippen molar-refractivity contribution in [1.82, 2.24) is 0 Å². The van der Waals surface area contributed by atoms with Crippen LogP contribution in [0.25, 0.3) is 0 Å². The maximum absolute atomic E-state index is 12.9. The molecule has 24 heavy (non-hydrogen) atoms. The fraction of sp³-hybridized carbons (Fsp3) is 0.278. The third-order valence-corrected chi connectivity index (χ3v) is 4.39. The molecular formula is C18H16F3NO2. The number of alkyl halides is 3. The summed E-state index contributed by atoms with van der Waals surface area (Å²) in [6.45, 7) is 0. The number of hydrogen-bond acceptors (Lipinski definition) is 3. The summed E-state index contributed by atoms with van der Waals surface area (Å²) in [5.41, 5.74) is 2.21. The molecule has 3 nitrogen and oxygen atoms in total. The van der Waals surface area contributed by atoms with Crippen LogP contribution in [0.3, 0.4) is 0 Å². The normalized spacial score (nSPS) is 16.9. The van der Waals surface area contributed by atoms with E-state index in [0.717, 1.165) is 17.2 Å². The summed E-state index contributed by atoms with van der Waals surface area (Å²) in [5, 5.41) is 0. The van der Waals surface area contributed by atoms with Crippen LogP contribution in [-0.2, 0) is 17.3 Å². The Morgan fingerprint density at radius 1 is 1.17 bits per heavy atom. The van der Waals surface area contributed by atoms with Crippen molar-refractivity contribution in [3.63, 3.8) is 0 Å². The van der Waals surface area contributed by atoms with E-state index in [2.05, 4.69) is 4.74 Å². The monoisotopic (exact) mass is 335 g/mol. The largest absolute Gasteiger partial charge is 0.465 e. The molecule has 2 aromatic carbocycles. The molecule has 0 N–H and O–H groups in total. The first-order valence-electron chi connectivity index (χ1n) is 7.42. The summed E-state index contributed by atoms with van der Waals surface area (Å²) >= 11 is 0. The number of benzene rings is 2. The average Bonchev–Trinajstić information content (AvgIpc) is 2.90. The first-order valence-corrected chi connectivity index (χ1v) is 7.42. The smallest absolute Gasteiger partial charge is 0.416 e. The molecule has 0 radical (unpaired) electrons. The Bertz CT molecular complexity index is 769. The highest BCUT2D eigenvalue weighted by molar-refractivity contribution is 5.89. The standard InChI is InChI=1S/C18H16F3NO2/c1-22-15(11-3-5-12(6-4-11)17(23)24-2)9-13-7-8-14(10-16(13)22)18(19,20)21/h3-8,10,15H,9H2,1-2H3. The van der Waals surface area contributed by atoms with Crippen LogP contribution in [0.5, 0.6) is 0 Å². The van der Waals surface area contributed by atoms with Gasteiger partial charge in [0.1, 0.15) is 0 Å². The Morgan fingerprint density at radius 2 is 1.83 bits per heavy atom. The number of fused-ring (bicyclic) bond motifs is 1. The van der Waals surface area contributed by atoms with Crippen LogP contribution in [0.2, 0.25) is 0 Å². The number of likely N-dealkylation sites (N-methyl/N-ethyl adjacent to an activating group) is 1. The van der Waals surface area contributed by atoms with Crippen molar-refractivity contribution >= 4 is 11.7 Å². The van der Waals surface area contributed by atoms with E-state index in [0.29, 0.717) is 17.7 Å². The predicted octanol–water partition coefficient (Wildman–Crippen LogP) is 4.23. The van der Waals surface area contributed by atoms with Gasteiger partial charge in [-0.15, -0.1) is 0 Å². The SMILES string of the molecule is COC(=O)c1ccc(C2Cc3ccc(C(F)(F)F)cc3N2C)cc1. The van der Waals surface area contributed by atoms with E-state index in [-0.39, 0.29) is 6.04 Å². The molecule has 0 aliphatic carbocycles. The van der Waals surface area contributed by atoms with Crippen LogP contribution in [0.4, 0.5) is 18.9 Å². The average molecular weight is 335 g/mol. The zero-order chi connectivity index (χ0) is 17.5. The fourth-order valence-corrected chi connectivity index (χ4v) is 3.05. The van der Waals surface area contributed by atoms with Crippen molar-refractivity contribution in [2.45, 2.75) is 18.6 Å². The molecule has 1 atom stereocenters. The fourth-order valence-electron chi connectivity index (χ4n) is 3.05.